The predicted octanol–water partition coefficient (Wildman–Crippen LogP) is 4.68. The maximum Gasteiger partial charge on any atom is 0.258 e. The first-order valence-electron chi connectivity index (χ1n) is 8.03. The molecule has 4 heteroatoms. The van der Waals surface area contributed by atoms with E-state index in [1.54, 1.807) is 29.2 Å². The number of benzene rings is 2. The van der Waals surface area contributed by atoms with Gasteiger partial charge in [-0.3, -0.25) is 4.79 Å². The van der Waals surface area contributed by atoms with E-state index < -0.39 is 0 Å². The second-order valence-electron chi connectivity index (χ2n) is 6.37. The van der Waals surface area contributed by atoms with Gasteiger partial charge < -0.3 is 10.0 Å². The van der Waals surface area contributed by atoms with E-state index in [1.807, 2.05) is 44.2 Å². The molecule has 1 unspecified atom stereocenters. The molecule has 3 nitrogen and oxygen atoms in total. The lowest BCUT2D eigenvalue weighted by molar-refractivity contribution is -0.126. The lowest BCUT2D eigenvalue weighted by atomic mass is 9.99. The molecule has 124 valence electrons. The van der Waals surface area contributed by atoms with Gasteiger partial charge in [0.15, 0.2) is 0 Å². The van der Waals surface area contributed by atoms with Crippen LogP contribution in [-0.2, 0) is 11.3 Å². The monoisotopic (exact) mass is 341 g/mol. The molecule has 1 N–H and O–H groups in total. The van der Waals surface area contributed by atoms with E-state index in [0.29, 0.717) is 22.7 Å². The van der Waals surface area contributed by atoms with Crippen LogP contribution in [0.25, 0.3) is 5.57 Å². The van der Waals surface area contributed by atoms with E-state index in [-0.39, 0.29) is 23.6 Å². The standard InChI is InChI=1S/C20H20ClNO2/c1-13(2)18-19(23)17(15-8-10-16(21)11-9-15)20(24)22(18)12-14-6-4-3-5-7-14/h3-11,13,18,23H,12H2,1-2H3. The topological polar surface area (TPSA) is 40.5 Å². The Hall–Kier alpha value is -2.26. The van der Waals surface area contributed by atoms with Gasteiger partial charge in [0, 0.05) is 11.6 Å². The van der Waals surface area contributed by atoms with Gasteiger partial charge in [-0.25, -0.2) is 0 Å². The highest BCUT2D eigenvalue weighted by molar-refractivity contribution is 6.30. The maximum atomic E-state index is 13.0. The van der Waals surface area contributed by atoms with Crippen LogP contribution in [0.2, 0.25) is 5.02 Å². The van der Waals surface area contributed by atoms with Crippen molar-refractivity contribution in [1.29, 1.82) is 0 Å². The maximum absolute atomic E-state index is 13.0. The molecule has 2 aromatic carbocycles. The molecule has 0 radical (unpaired) electrons. The zero-order valence-corrected chi connectivity index (χ0v) is 14.5. The minimum atomic E-state index is -0.316. The van der Waals surface area contributed by atoms with Gasteiger partial charge in [-0.15, -0.1) is 0 Å². The molecule has 0 saturated carbocycles. The minimum Gasteiger partial charge on any atom is -0.509 e. The van der Waals surface area contributed by atoms with E-state index in [4.69, 9.17) is 11.6 Å². The molecular weight excluding hydrogens is 322 g/mol. The highest BCUT2D eigenvalue weighted by atomic mass is 35.5. The van der Waals surface area contributed by atoms with Gasteiger partial charge in [0.2, 0.25) is 0 Å². The van der Waals surface area contributed by atoms with E-state index in [0.717, 1.165) is 5.56 Å². The Labute approximate surface area is 147 Å². The molecule has 0 fully saturated rings. The summed E-state index contributed by atoms with van der Waals surface area (Å²) in [5, 5.41) is 11.3. The van der Waals surface area contributed by atoms with Gasteiger partial charge in [0.25, 0.3) is 5.91 Å². The predicted molar refractivity (Wildman–Crippen MR) is 96.6 cm³/mol. The van der Waals surface area contributed by atoms with E-state index in [1.165, 1.54) is 0 Å². The first-order valence-corrected chi connectivity index (χ1v) is 8.41. The number of nitrogens with zero attached hydrogens (tertiary/aromatic N) is 1. The smallest absolute Gasteiger partial charge is 0.258 e. The average molecular weight is 342 g/mol. The fourth-order valence-electron chi connectivity index (χ4n) is 3.19. The van der Waals surface area contributed by atoms with Crippen LogP contribution < -0.4 is 0 Å². The van der Waals surface area contributed by atoms with Crippen LogP contribution in [0.5, 0.6) is 0 Å². The molecule has 1 aliphatic rings. The number of hydrogen-bond acceptors (Lipinski definition) is 2. The SMILES string of the molecule is CC(C)C1C(O)=C(c2ccc(Cl)cc2)C(=O)N1Cc1ccccc1. The second-order valence-corrected chi connectivity index (χ2v) is 6.81. The summed E-state index contributed by atoms with van der Waals surface area (Å²) < 4.78 is 0. The van der Waals surface area contributed by atoms with E-state index in [2.05, 4.69) is 0 Å². The number of aliphatic hydroxyl groups is 1. The average Bonchev–Trinajstić information content (AvgIpc) is 2.80. The van der Waals surface area contributed by atoms with Crippen LogP contribution in [0.1, 0.15) is 25.0 Å². The van der Waals surface area contributed by atoms with Crippen LogP contribution >= 0.6 is 11.6 Å². The molecule has 1 heterocycles. The van der Waals surface area contributed by atoms with E-state index in [9.17, 15) is 9.90 Å². The van der Waals surface area contributed by atoms with Crippen molar-refractivity contribution in [2.45, 2.75) is 26.4 Å². The summed E-state index contributed by atoms with van der Waals surface area (Å²) in [5.41, 5.74) is 2.12. The van der Waals surface area contributed by atoms with Crippen molar-refractivity contribution in [3.05, 3.63) is 76.5 Å². The van der Waals surface area contributed by atoms with Crippen LogP contribution in [0.4, 0.5) is 0 Å². The van der Waals surface area contributed by atoms with Gasteiger partial charge in [-0.05, 0) is 29.2 Å². The highest BCUT2D eigenvalue weighted by Gasteiger charge is 2.41. The molecule has 0 aromatic heterocycles. The Kier molecular flexibility index (Phi) is 4.63. The second kappa shape index (κ2) is 6.70. The molecule has 1 atom stereocenters. The summed E-state index contributed by atoms with van der Waals surface area (Å²) in [6.45, 7) is 4.50. The van der Waals surface area contributed by atoms with E-state index >= 15 is 0 Å². The quantitative estimate of drug-likeness (QED) is 0.877. The van der Waals surface area contributed by atoms with Crippen LogP contribution in [0, 0.1) is 5.92 Å². The van der Waals surface area contributed by atoms with Gasteiger partial charge >= 0.3 is 0 Å². The molecular formula is C20H20ClNO2. The number of carbonyl (C=O) groups is 1. The molecule has 1 amide bonds. The lowest BCUT2D eigenvalue weighted by Crippen LogP contribution is -2.38. The molecule has 0 saturated heterocycles. The molecule has 0 aliphatic carbocycles. The van der Waals surface area contributed by atoms with Gasteiger partial charge in [0.1, 0.15) is 5.76 Å². The Balaban J connectivity index is 1.98. The molecule has 0 bridgehead atoms. The number of amides is 1. The number of halogens is 1. The Morgan fingerprint density at radius 1 is 1.08 bits per heavy atom. The molecule has 24 heavy (non-hydrogen) atoms. The summed E-state index contributed by atoms with van der Waals surface area (Å²) in [4.78, 5) is 14.7. The Morgan fingerprint density at radius 3 is 2.29 bits per heavy atom. The number of hydrogen-bond donors (Lipinski definition) is 1. The van der Waals surface area contributed by atoms with Gasteiger partial charge in [0.05, 0.1) is 11.6 Å². The summed E-state index contributed by atoms with van der Waals surface area (Å²) >= 11 is 5.93. The third-order valence-corrected chi connectivity index (χ3v) is 4.56. The fourth-order valence-corrected chi connectivity index (χ4v) is 3.31. The van der Waals surface area contributed by atoms with Crippen LogP contribution in [0.3, 0.4) is 0 Å². The lowest BCUT2D eigenvalue weighted by Gasteiger charge is -2.28. The third-order valence-electron chi connectivity index (χ3n) is 4.31. The van der Waals surface area contributed by atoms with Crippen molar-refractivity contribution >= 4 is 23.1 Å². The van der Waals surface area contributed by atoms with Crippen molar-refractivity contribution in [1.82, 2.24) is 4.90 Å². The number of aliphatic hydroxyl groups excluding tert-OH is 1. The Morgan fingerprint density at radius 2 is 1.71 bits per heavy atom. The van der Waals surface area contributed by atoms with Crippen molar-refractivity contribution in [2.75, 3.05) is 0 Å². The van der Waals surface area contributed by atoms with Crippen molar-refractivity contribution < 1.29 is 9.90 Å². The summed E-state index contributed by atoms with van der Waals surface area (Å²) in [5.74, 6) is 0.119. The van der Waals surface area contributed by atoms with Gasteiger partial charge in [-0.2, -0.15) is 0 Å². The fraction of sp³-hybridized carbons (Fsp3) is 0.250. The minimum absolute atomic E-state index is 0.113. The number of rotatable bonds is 4. The normalized spacial score (nSPS) is 17.9. The van der Waals surface area contributed by atoms with Crippen molar-refractivity contribution in [2.24, 2.45) is 5.92 Å². The van der Waals surface area contributed by atoms with Crippen molar-refractivity contribution in [3.63, 3.8) is 0 Å². The van der Waals surface area contributed by atoms with Crippen molar-refractivity contribution in [3.8, 4) is 0 Å². The Bertz CT molecular complexity index is 766. The number of carbonyl (C=O) groups excluding carboxylic acids is 1. The van der Waals surface area contributed by atoms with Crippen LogP contribution in [0.15, 0.2) is 60.4 Å². The largest absolute Gasteiger partial charge is 0.509 e. The first-order chi connectivity index (χ1) is 11.5. The first kappa shape index (κ1) is 16.6. The zero-order valence-electron chi connectivity index (χ0n) is 13.7. The summed E-state index contributed by atoms with van der Waals surface area (Å²) in [6, 6.07) is 16.5. The zero-order chi connectivity index (χ0) is 17.3. The van der Waals surface area contributed by atoms with Gasteiger partial charge in [-0.1, -0.05) is 67.9 Å². The summed E-state index contributed by atoms with van der Waals surface area (Å²) in [7, 11) is 0. The van der Waals surface area contributed by atoms with Crippen LogP contribution in [-0.4, -0.2) is 22.0 Å². The highest BCUT2D eigenvalue weighted by Crippen LogP contribution is 2.36. The molecule has 3 rings (SSSR count). The summed E-state index contributed by atoms with van der Waals surface area (Å²) in [6.07, 6.45) is 0. The molecule has 2 aromatic rings. The third kappa shape index (κ3) is 3.04. The molecule has 1 aliphatic heterocycles. The molecule has 0 spiro atoms.